The number of hydrogen-bond acceptors (Lipinski definition) is 3. The fourth-order valence-corrected chi connectivity index (χ4v) is 3.49. The molecule has 1 aromatic heterocycles. The fraction of sp³-hybridized carbons (Fsp3) is 0.300. The first kappa shape index (κ1) is 41.4. The van der Waals surface area contributed by atoms with Crippen molar-refractivity contribution >= 4 is 43.2 Å². The van der Waals surface area contributed by atoms with Gasteiger partial charge >= 0.3 is 40.3 Å². The van der Waals surface area contributed by atoms with Crippen LogP contribution in [0.1, 0.15) is 63.2 Å². The summed E-state index contributed by atoms with van der Waals surface area (Å²) in [5.41, 5.74) is 1.39. The van der Waals surface area contributed by atoms with Gasteiger partial charge in [-0.15, -0.1) is 0 Å². The summed E-state index contributed by atoms with van der Waals surface area (Å²) in [5, 5.41) is 22.7. The minimum atomic E-state index is -0.913. The van der Waals surface area contributed by atoms with Gasteiger partial charge < -0.3 is 27.8 Å². The van der Waals surface area contributed by atoms with E-state index in [0.717, 1.165) is 18.4 Å². The van der Waals surface area contributed by atoms with E-state index in [2.05, 4.69) is 57.0 Å². The second-order valence-electron chi connectivity index (χ2n) is 8.03. The molecular weight excluding hydrogens is 711 g/mol. The maximum absolute atomic E-state index is 10.2. The van der Waals surface area contributed by atoms with Crippen LogP contribution in [0.4, 0.5) is 4.79 Å². The summed E-state index contributed by atoms with van der Waals surface area (Å²) in [4.78, 5) is 24.6. The topological polar surface area (TPSA) is 167 Å². The number of para-hydroxylation sites is 1. The Morgan fingerprint density at radius 1 is 0.775 bits per heavy atom. The predicted molar refractivity (Wildman–Crippen MR) is 165 cm³/mol. The van der Waals surface area contributed by atoms with Crippen molar-refractivity contribution in [1.82, 2.24) is 10.3 Å². The number of pyridine rings is 1. The molecule has 3 aromatic carbocycles. The first-order valence-corrected chi connectivity index (χ1v) is 14.9. The molecule has 10 heteroatoms. The number of carboxylic acids is 1. The minimum Gasteiger partial charge on any atom is -0.693 e. The summed E-state index contributed by atoms with van der Waals surface area (Å²) in [5.74, 6) is -0.879. The molecule has 1 amide bonds. The third-order valence-electron chi connectivity index (χ3n) is 5.33. The number of amides is 1. The number of benzene rings is 3. The monoisotopic (exact) mass is 752 g/mol. The first-order chi connectivity index (χ1) is 18.0. The molecule has 1 heterocycles. The number of nitrogens with one attached hydrogen (secondary N) is 1. The second-order valence-corrected chi connectivity index (χ2v) is 8.03. The molecule has 40 heavy (non-hydrogen) atoms. The Kier molecular flexibility index (Phi) is 27.2. The number of unbranched alkanes of at least 4 members (excludes halogenated alkanes) is 5. The molecule has 0 aliphatic heterocycles. The van der Waals surface area contributed by atoms with Gasteiger partial charge in [0.15, 0.2) is 0 Å². The van der Waals surface area contributed by atoms with Crippen LogP contribution < -0.4 is 5.32 Å². The van der Waals surface area contributed by atoms with E-state index in [9.17, 15) is 9.59 Å². The van der Waals surface area contributed by atoms with Crippen molar-refractivity contribution in [1.29, 1.82) is 0 Å². The molecule has 0 saturated heterocycles. The molecule has 0 fully saturated rings. The van der Waals surface area contributed by atoms with Crippen molar-refractivity contribution < 1.29 is 38.6 Å². The molecule has 7 N–H and O–H groups in total. The Hall–Kier alpha value is -3.03. The molecule has 0 aliphatic rings. The molecule has 0 bridgehead atoms. The Morgan fingerprint density at radius 2 is 1.30 bits per heavy atom. The van der Waals surface area contributed by atoms with Gasteiger partial charge in [0.2, 0.25) is 0 Å². The van der Waals surface area contributed by atoms with Crippen LogP contribution in [0.15, 0.2) is 85.1 Å². The number of rotatable bonds is 8. The number of halogens is 1. The first-order valence-electron chi connectivity index (χ1n) is 12.1. The van der Waals surface area contributed by atoms with Gasteiger partial charge in [0.05, 0.1) is 11.1 Å². The van der Waals surface area contributed by atoms with Gasteiger partial charge in [0.1, 0.15) is 0 Å². The van der Waals surface area contributed by atoms with Crippen LogP contribution >= 0.6 is 9.42 Å². The van der Waals surface area contributed by atoms with Crippen LogP contribution in [0.25, 0.3) is 34.0 Å². The van der Waals surface area contributed by atoms with Crippen molar-refractivity contribution in [3.63, 3.8) is 0 Å². The van der Waals surface area contributed by atoms with Gasteiger partial charge in [-0.1, -0.05) is 107 Å². The minimum absolute atomic E-state index is 0. The Bertz CT molecular complexity index is 1150. The molecule has 225 valence electrons. The van der Waals surface area contributed by atoms with Crippen LogP contribution in [0.2, 0.25) is 0 Å². The standard InChI is InChI=1S/C13H9N.C9H19NO2.C7H6O2.CH4.ClH.2H2N.Pt/c1-2-6-11-10(5-1)9-14-13-8-4-3-7-12(11)13;1-2-3-4-5-6-7-8-10-9(11)12;8-7(9)6-4-2-1-3-5-6;;;;;/h1-9H;10H,2-8H2,1H3,(H,11,12);1-5H,(H,8,9);1H4;1H;2*1H2;/q;;;;;2*-1;+1/p-1. The molecule has 0 unspecified atom stereocenters. The number of aromatic carboxylic acids is 1. The summed E-state index contributed by atoms with van der Waals surface area (Å²) >= 11 is 1.61. The average molecular weight is 753 g/mol. The van der Waals surface area contributed by atoms with E-state index < -0.39 is 12.1 Å². The van der Waals surface area contributed by atoms with E-state index in [0.29, 0.717) is 12.1 Å². The molecule has 0 atom stereocenters. The van der Waals surface area contributed by atoms with Crippen LogP contribution in [0, 0.1) is 0 Å². The Balaban J connectivity index is -0.000000490. The predicted octanol–water partition coefficient (Wildman–Crippen LogP) is 10.1. The summed E-state index contributed by atoms with van der Waals surface area (Å²) < 4.78 is 0. The molecular formula is C30H42ClN4O4Pt-2. The van der Waals surface area contributed by atoms with E-state index in [1.54, 1.807) is 49.1 Å². The third-order valence-corrected chi connectivity index (χ3v) is 5.33. The van der Waals surface area contributed by atoms with E-state index >= 15 is 0 Å². The molecule has 0 aliphatic carbocycles. The van der Waals surface area contributed by atoms with Crippen LogP contribution in [0.3, 0.4) is 0 Å². The van der Waals surface area contributed by atoms with Crippen molar-refractivity contribution in [2.24, 2.45) is 0 Å². The third kappa shape index (κ3) is 16.8. The van der Waals surface area contributed by atoms with Crippen LogP contribution in [-0.2, 0) is 18.8 Å². The van der Waals surface area contributed by atoms with Crippen molar-refractivity contribution in [2.75, 3.05) is 6.54 Å². The number of aromatic nitrogens is 1. The van der Waals surface area contributed by atoms with Gasteiger partial charge in [-0.2, -0.15) is 0 Å². The van der Waals surface area contributed by atoms with Gasteiger partial charge in [0.25, 0.3) is 0 Å². The molecule has 0 radical (unpaired) electrons. The quantitative estimate of drug-likeness (QED) is 0.120. The number of fused-ring (bicyclic) bond motifs is 3. The van der Waals surface area contributed by atoms with Gasteiger partial charge in [-0.05, 0) is 30.0 Å². The zero-order chi connectivity index (χ0) is 27.3. The van der Waals surface area contributed by atoms with E-state index in [4.69, 9.17) is 10.2 Å². The smallest absolute Gasteiger partial charge is 0.0708 e. The number of nitrogens with zero attached hydrogens (tertiary/aromatic N) is 1. The van der Waals surface area contributed by atoms with Gasteiger partial charge in [-0.3, -0.25) is 4.98 Å². The SMILES string of the molecule is C.CCCCCCCCNC(=O)O.O=C(O)c1ccccc1.[Cl][Pt].[NH2-].[NH2-].c1ccc2c(c1)cnc1ccccc12. The van der Waals surface area contributed by atoms with E-state index in [1.165, 1.54) is 41.8 Å². The number of nitrogens with two attached hydrogens (primary N) is 2. The van der Waals surface area contributed by atoms with E-state index in [1.807, 2.05) is 24.4 Å². The maximum Gasteiger partial charge on any atom is 0.0708 e. The normalized spacial score (nSPS) is 8.90. The summed E-state index contributed by atoms with van der Waals surface area (Å²) in [6.07, 6.45) is 8.19. The Morgan fingerprint density at radius 3 is 1.88 bits per heavy atom. The molecule has 4 rings (SSSR count). The molecule has 0 saturated carbocycles. The summed E-state index contributed by atoms with van der Waals surface area (Å²) in [6, 6.07) is 24.9. The van der Waals surface area contributed by atoms with Crippen molar-refractivity contribution in [2.45, 2.75) is 52.9 Å². The zero-order valence-electron chi connectivity index (χ0n) is 22.0. The van der Waals surface area contributed by atoms with E-state index in [-0.39, 0.29) is 19.7 Å². The van der Waals surface area contributed by atoms with Gasteiger partial charge in [-0.25, -0.2) is 9.59 Å². The van der Waals surface area contributed by atoms with Crippen molar-refractivity contribution in [3.8, 4) is 0 Å². The number of hydrogen-bond donors (Lipinski definition) is 3. The second kappa shape index (κ2) is 26.2. The van der Waals surface area contributed by atoms with Crippen LogP contribution in [-0.4, -0.2) is 33.8 Å². The van der Waals surface area contributed by atoms with Gasteiger partial charge in [0, 0.05) is 23.5 Å². The fourth-order valence-electron chi connectivity index (χ4n) is 3.49. The maximum atomic E-state index is 10.2. The zero-order valence-corrected chi connectivity index (χ0v) is 25.1. The number of carboxylic acid groups (broad SMARTS) is 2. The molecule has 0 spiro atoms. The van der Waals surface area contributed by atoms with Crippen LogP contribution in [0.5, 0.6) is 0 Å². The summed E-state index contributed by atoms with van der Waals surface area (Å²) in [7, 11) is 4.61. The number of carbonyl (C=O) groups is 2. The summed E-state index contributed by atoms with van der Waals surface area (Å²) in [6.45, 7) is 2.79. The molecule has 8 nitrogen and oxygen atoms in total. The Labute approximate surface area is 253 Å². The average Bonchev–Trinajstić information content (AvgIpc) is 2.94. The largest absolute Gasteiger partial charge is 0.693 e. The molecule has 4 aromatic rings. The van der Waals surface area contributed by atoms with Crippen molar-refractivity contribution in [3.05, 3.63) is 103 Å².